The monoisotopic (exact) mass is 383 g/mol. The number of carbonyl (C=O) groups excluding carboxylic acids is 3. The first-order chi connectivity index (χ1) is 13.4. The molecule has 1 heterocycles. The van der Waals surface area contributed by atoms with Crippen molar-refractivity contribution >= 4 is 17.8 Å². The number of halogens is 1. The highest BCUT2D eigenvalue weighted by molar-refractivity contribution is 6.06. The van der Waals surface area contributed by atoms with E-state index in [2.05, 4.69) is 10.6 Å². The Morgan fingerprint density at radius 1 is 1.14 bits per heavy atom. The van der Waals surface area contributed by atoms with Gasteiger partial charge in [0.25, 0.3) is 5.91 Å². The van der Waals surface area contributed by atoms with Crippen LogP contribution in [-0.2, 0) is 16.0 Å². The maximum atomic E-state index is 13.0. The molecule has 3 rings (SSSR count). The summed E-state index contributed by atoms with van der Waals surface area (Å²) in [4.78, 5) is 37.8. The van der Waals surface area contributed by atoms with Crippen LogP contribution in [0.1, 0.15) is 30.5 Å². The van der Waals surface area contributed by atoms with Crippen molar-refractivity contribution in [3.05, 3.63) is 71.5 Å². The molecule has 2 aromatic carbocycles. The van der Waals surface area contributed by atoms with E-state index in [9.17, 15) is 18.8 Å². The Balaban J connectivity index is 1.53. The van der Waals surface area contributed by atoms with Crippen LogP contribution in [0, 0.1) is 5.82 Å². The van der Waals surface area contributed by atoms with Crippen LogP contribution in [0.25, 0.3) is 0 Å². The smallest absolute Gasteiger partial charge is 0.325 e. The van der Waals surface area contributed by atoms with E-state index in [1.807, 2.05) is 30.3 Å². The molecule has 1 aliphatic heterocycles. The number of hydrogen-bond acceptors (Lipinski definition) is 3. The molecule has 1 fully saturated rings. The van der Waals surface area contributed by atoms with E-state index in [1.54, 1.807) is 19.1 Å². The third kappa shape index (κ3) is 4.73. The van der Waals surface area contributed by atoms with Crippen LogP contribution in [0.2, 0.25) is 0 Å². The number of aryl methyl sites for hydroxylation is 1. The molecule has 2 atom stereocenters. The lowest BCUT2D eigenvalue weighted by molar-refractivity contribution is -0.132. The molecule has 6 nitrogen and oxygen atoms in total. The lowest BCUT2D eigenvalue weighted by Crippen LogP contribution is -2.41. The Kier molecular flexibility index (Phi) is 6.03. The van der Waals surface area contributed by atoms with E-state index >= 15 is 0 Å². The molecule has 2 aromatic rings. The molecule has 0 aromatic heterocycles. The average Bonchev–Trinajstić information content (AvgIpc) is 2.95. The highest BCUT2D eigenvalue weighted by Crippen LogP contribution is 2.15. The summed E-state index contributed by atoms with van der Waals surface area (Å²) in [6.45, 7) is 1.40. The van der Waals surface area contributed by atoms with Gasteiger partial charge in [-0.25, -0.2) is 9.18 Å². The number of carbonyl (C=O) groups is 3. The van der Waals surface area contributed by atoms with Crippen LogP contribution in [0.5, 0.6) is 0 Å². The summed E-state index contributed by atoms with van der Waals surface area (Å²) in [6, 6.07) is 13.9. The van der Waals surface area contributed by atoms with Gasteiger partial charge in [0.15, 0.2) is 0 Å². The number of nitrogens with zero attached hydrogens (tertiary/aromatic N) is 1. The molecule has 0 radical (unpaired) electrons. The van der Waals surface area contributed by atoms with Gasteiger partial charge < -0.3 is 10.6 Å². The molecular weight excluding hydrogens is 361 g/mol. The number of amides is 4. The molecular formula is C21H22FN3O3. The number of urea groups is 1. The first-order valence-electron chi connectivity index (χ1n) is 9.14. The molecule has 0 saturated carbocycles. The minimum atomic E-state index is -0.630. The number of hydrogen-bond donors (Lipinski definition) is 2. The van der Waals surface area contributed by atoms with Crippen LogP contribution < -0.4 is 10.6 Å². The van der Waals surface area contributed by atoms with Crippen LogP contribution in [-0.4, -0.2) is 35.3 Å². The van der Waals surface area contributed by atoms with Crippen molar-refractivity contribution < 1.29 is 18.8 Å². The van der Waals surface area contributed by atoms with Crippen LogP contribution >= 0.6 is 0 Å². The minimum absolute atomic E-state index is 0.349. The summed E-state index contributed by atoms with van der Waals surface area (Å²) in [5, 5.41) is 5.36. The third-order valence-electron chi connectivity index (χ3n) is 4.72. The lowest BCUT2D eigenvalue weighted by Gasteiger charge is -2.17. The quantitative estimate of drug-likeness (QED) is 0.722. The predicted molar refractivity (Wildman–Crippen MR) is 102 cm³/mol. The second-order valence-electron chi connectivity index (χ2n) is 6.79. The Hall–Kier alpha value is -3.22. The SMILES string of the molecule is C[C@@H](NC(=O)CN1C(=O)N[C@H](CCc2ccccc2)C1=O)c1ccc(F)cc1. The first-order valence-corrected chi connectivity index (χ1v) is 9.14. The molecule has 0 unspecified atom stereocenters. The van der Waals surface area contributed by atoms with Crippen molar-refractivity contribution in [2.45, 2.75) is 31.8 Å². The van der Waals surface area contributed by atoms with Crippen molar-refractivity contribution in [3.8, 4) is 0 Å². The maximum Gasteiger partial charge on any atom is 0.325 e. The zero-order chi connectivity index (χ0) is 20.1. The summed E-state index contributed by atoms with van der Waals surface area (Å²) < 4.78 is 13.0. The Bertz CT molecular complexity index is 855. The lowest BCUT2D eigenvalue weighted by atomic mass is 10.1. The van der Waals surface area contributed by atoms with Gasteiger partial charge in [0.05, 0.1) is 6.04 Å². The topological polar surface area (TPSA) is 78.5 Å². The molecule has 1 saturated heterocycles. The van der Waals surface area contributed by atoms with Crippen molar-refractivity contribution in [3.63, 3.8) is 0 Å². The summed E-state index contributed by atoms with van der Waals surface area (Å²) in [5.41, 5.74) is 1.81. The summed E-state index contributed by atoms with van der Waals surface area (Å²) >= 11 is 0. The van der Waals surface area contributed by atoms with Crippen molar-refractivity contribution in [2.24, 2.45) is 0 Å². The van der Waals surface area contributed by atoms with Crippen molar-refractivity contribution in [1.82, 2.24) is 15.5 Å². The zero-order valence-corrected chi connectivity index (χ0v) is 15.5. The second-order valence-corrected chi connectivity index (χ2v) is 6.79. The molecule has 0 spiro atoms. The standard InChI is InChI=1S/C21H22FN3O3/c1-14(16-8-10-17(22)11-9-16)23-19(26)13-25-20(27)18(24-21(25)28)12-7-15-5-3-2-4-6-15/h2-6,8-11,14,18H,7,12-13H2,1H3,(H,23,26)(H,24,28)/t14-,18-/m1/s1. The fourth-order valence-corrected chi connectivity index (χ4v) is 3.14. The second kappa shape index (κ2) is 8.65. The van der Waals surface area contributed by atoms with Crippen molar-refractivity contribution in [2.75, 3.05) is 6.54 Å². The van der Waals surface area contributed by atoms with Gasteiger partial charge in [-0.05, 0) is 43.0 Å². The fourth-order valence-electron chi connectivity index (χ4n) is 3.14. The number of nitrogens with one attached hydrogen (secondary N) is 2. The molecule has 4 amide bonds. The van der Waals surface area contributed by atoms with E-state index in [0.29, 0.717) is 12.8 Å². The van der Waals surface area contributed by atoms with E-state index in [1.165, 1.54) is 12.1 Å². The third-order valence-corrected chi connectivity index (χ3v) is 4.72. The molecule has 7 heteroatoms. The first kappa shape index (κ1) is 19.5. The average molecular weight is 383 g/mol. The zero-order valence-electron chi connectivity index (χ0n) is 15.5. The summed E-state index contributed by atoms with van der Waals surface area (Å²) in [5.74, 6) is -1.21. The van der Waals surface area contributed by atoms with E-state index in [4.69, 9.17) is 0 Å². The van der Waals surface area contributed by atoms with Gasteiger partial charge in [-0.2, -0.15) is 0 Å². The van der Waals surface area contributed by atoms with Gasteiger partial charge >= 0.3 is 6.03 Å². The molecule has 1 aliphatic rings. The predicted octanol–water partition coefficient (Wildman–Crippen LogP) is 2.56. The van der Waals surface area contributed by atoms with Gasteiger partial charge in [-0.15, -0.1) is 0 Å². The van der Waals surface area contributed by atoms with Gasteiger partial charge in [0.1, 0.15) is 18.4 Å². The van der Waals surface area contributed by atoms with Crippen LogP contribution in [0.3, 0.4) is 0 Å². The Morgan fingerprint density at radius 3 is 2.50 bits per heavy atom. The highest BCUT2D eigenvalue weighted by Gasteiger charge is 2.38. The molecule has 28 heavy (non-hydrogen) atoms. The molecule has 2 N–H and O–H groups in total. The van der Waals surface area contributed by atoms with Crippen molar-refractivity contribution in [1.29, 1.82) is 0 Å². The van der Waals surface area contributed by atoms with Crippen LogP contribution in [0.4, 0.5) is 9.18 Å². The summed E-state index contributed by atoms with van der Waals surface area (Å²) in [6.07, 6.45) is 1.12. The number of imide groups is 1. The molecule has 146 valence electrons. The normalized spacial score (nSPS) is 17.4. The highest BCUT2D eigenvalue weighted by atomic mass is 19.1. The fraction of sp³-hybridized carbons (Fsp3) is 0.286. The summed E-state index contributed by atoms with van der Waals surface area (Å²) in [7, 11) is 0. The van der Waals surface area contributed by atoms with Crippen LogP contribution in [0.15, 0.2) is 54.6 Å². The minimum Gasteiger partial charge on any atom is -0.348 e. The number of rotatable bonds is 7. The maximum absolute atomic E-state index is 13.0. The Labute approximate surface area is 162 Å². The van der Waals surface area contributed by atoms with E-state index in [-0.39, 0.29) is 18.4 Å². The Morgan fingerprint density at radius 2 is 1.82 bits per heavy atom. The largest absolute Gasteiger partial charge is 0.348 e. The van der Waals surface area contributed by atoms with E-state index < -0.39 is 23.9 Å². The van der Waals surface area contributed by atoms with E-state index in [0.717, 1.165) is 16.0 Å². The van der Waals surface area contributed by atoms with Gasteiger partial charge in [0, 0.05) is 0 Å². The van der Waals surface area contributed by atoms with Gasteiger partial charge in [-0.3, -0.25) is 14.5 Å². The molecule has 0 bridgehead atoms. The number of benzene rings is 2. The molecule has 0 aliphatic carbocycles. The van der Waals surface area contributed by atoms with Gasteiger partial charge in [-0.1, -0.05) is 42.5 Å². The van der Waals surface area contributed by atoms with Gasteiger partial charge in [0.2, 0.25) is 5.91 Å².